The number of aromatic nitrogens is 1. The Bertz CT molecular complexity index is 2120. The first kappa shape index (κ1) is 36.7. The summed E-state index contributed by atoms with van der Waals surface area (Å²) in [7, 11) is 4.89. The topological polar surface area (TPSA) is 165 Å². The van der Waals surface area contributed by atoms with Crippen LogP contribution < -0.4 is 15.4 Å². The van der Waals surface area contributed by atoms with E-state index in [1.54, 1.807) is 7.11 Å². The molecule has 2 saturated heterocycles. The van der Waals surface area contributed by atoms with Crippen molar-refractivity contribution in [3.05, 3.63) is 70.9 Å². The van der Waals surface area contributed by atoms with E-state index < -0.39 is 51.5 Å². The van der Waals surface area contributed by atoms with Gasteiger partial charge in [0.1, 0.15) is 17.3 Å². The van der Waals surface area contributed by atoms with Crippen molar-refractivity contribution in [1.82, 2.24) is 14.8 Å². The summed E-state index contributed by atoms with van der Waals surface area (Å²) in [6, 6.07) is 11.0. The third kappa shape index (κ3) is 4.51. The van der Waals surface area contributed by atoms with Gasteiger partial charge in [-0.25, -0.2) is 0 Å². The Morgan fingerprint density at radius 1 is 1.04 bits per heavy atom. The molecule has 294 valence electrons. The van der Waals surface area contributed by atoms with E-state index in [9.17, 15) is 20.1 Å². The van der Waals surface area contributed by atoms with E-state index in [1.165, 1.54) is 7.11 Å². The monoisotopic (exact) mass is 753 g/mol. The molecular formula is C43H55N5O7. The van der Waals surface area contributed by atoms with E-state index in [2.05, 4.69) is 26.9 Å². The highest BCUT2D eigenvalue weighted by Gasteiger charge is 2.78. The van der Waals surface area contributed by atoms with E-state index in [4.69, 9.17) is 15.2 Å². The number of benzene rings is 2. The number of nitrogens with zero attached hydrogens (tertiary/aromatic N) is 3. The molecule has 9 rings (SSSR count). The standard InChI is InChI=1S/C43H55N5O7/c1-6-39(52)21-25-22-42(38(51)55-5,33-27(13-17-47(23-25)24-39)26-11-8-9-12-30(26)45-33)29-19-28-31(20-32(29)54-4)46(3)35-41(28)15-18-48-16-10-14-40(7-2,34(41)48)36(49)43(35,53)37(44)50/h8-12,14,19-20,25,34-36,45,49,52-53H,6-7,13,15-18,21-24H2,1-5H3,(H2,44,50)/t25-,34-,35+,36+,39-,40+,41+,42-,43+/m0/s1. The first-order chi connectivity index (χ1) is 26.3. The highest BCUT2D eigenvalue weighted by molar-refractivity contribution is 5.95. The Hall–Kier alpha value is -3.94. The van der Waals surface area contributed by atoms with Crippen LogP contribution in [0.25, 0.3) is 10.9 Å². The molecule has 6 aliphatic rings. The van der Waals surface area contributed by atoms with E-state index in [0.29, 0.717) is 69.5 Å². The van der Waals surface area contributed by atoms with Gasteiger partial charge in [-0.2, -0.15) is 0 Å². The lowest BCUT2D eigenvalue weighted by atomic mass is 9.47. The Labute approximate surface area is 322 Å². The lowest BCUT2D eigenvalue weighted by Gasteiger charge is -2.63. The largest absolute Gasteiger partial charge is 0.496 e. The quantitative estimate of drug-likeness (QED) is 0.187. The second kappa shape index (κ2) is 12.3. The molecule has 1 aliphatic carbocycles. The number of likely N-dealkylation sites (N-methyl/N-ethyl adjacent to an activating group) is 1. The van der Waals surface area contributed by atoms with Crippen LogP contribution in [0.3, 0.4) is 0 Å². The summed E-state index contributed by atoms with van der Waals surface area (Å²) < 4.78 is 12.2. The number of rotatable bonds is 6. The molecule has 12 nitrogen and oxygen atoms in total. The number of para-hydroxylation sites is 1. The maximum Gasteiger partial charge on any atom is 0.322 e. The molecule has 1 amide bonds. The van der Waals surface area contributed by atoms with Crippen molar-refractivity contribution in [2.75, 3.05) is 58.9 Å². The van der Waals surface area contributed by atoms with Crippen LogP contribution in [0.5, 0.6) is 5.75 Å². The van der Waals surface area contributed by atoms with Gasteiger partial charge in [0, 0.05) is 84.0 Å². The van der Waals surface area contributed by atoms with E-state index in [1.807, 2.05) is 62.2 Å². The van der Waals surface area contributed by atoms with Gasteiger partial charge in [0.25, 0.3) is 5.91 Å². The summed E-state index contributed by atoms with van der Waals surface area (Å²) >= 11 is 0. The zero-order chi connectivity index (χ0) is 38.9. The van der Waals surface area contributed by atoms with Crippen molar-refractivity contribution in [3.63, 3.8) is 0 Å². The Morgan fingerprint density at radius 2 is 1.82 bits per heavy atom. The molecule has 1 saturated carbocycles. The predicted molar refractivity (Wildman–Crippen MR) is 208 cm³/mol. The average molecular weight is 754 g/mol. The van der Waals surface area contributed by atoms with Gasteiger partial charge >= 0.3 is 5.97 Å². The molecule has 12 heteroatoms. The molecule has 5 aliphatic heterocycles. The zero-order valence-electron chi connectivity index (χ0n) is 32.6. The van der Waals surface area contributed by atoms with Crippen LogP contribution in [-0.4, -0.2) is 125 Å². The minimum atomic E-state index is -2.30. The number of amides is 1. The van der Waals surface area contributed by atoms with E-state index >= 15 is 4.79 Å². The lowest BCUT2D eigenvalue weighted by Crippen LogP contribution is -2.81. The Balaban J connectivity index is 1.36. The summed E-state index contributed by atoms with van der Waals surface area (Å²) in [5.41, 5.74) is 4.72. The number of esters is 1. The molecule has 55 heavy (non-hydrogen) atoms. The minimum Gasteiger partial charge on any atom is -0.496 e. The number of fused-ring (bicyclic) bond motifs is 6. The van der Waals surface area contributed by atoms with E-state index in [-0.39, 0.29) is 12.0 Å². The van der Waals surface area contributed by atoms with Crippen molar-refractivity contribution in [2.45, 2.75) is 92.6 Å². The number of aliphatic hydroxyl groups is 3. The number of hydrogen-bond donors (Lipinski definition) is 5. The molecule has 0 radical (unpaired) electrons. The number of piperidine rings is 1. The number of hydrogen-bond acceptors (Lipinski definition) is 10. The van der Waals surface area contributed by atoms with Gasteiger partial charge in [0.05, 0.1) is 25.9 Å². The molecule has 6 heterocycles. The highest BCUT2D eigenvalue weighted by atomic mass is 16.5. The summed E-state index contributed by atoms with van der Waals surface area (Å²) in [4.78, 5) is 39.3. The number of carbonyl (C=O) groups excluding carboxylic acids is 2. The van der Waals surface area contributed by atoms with Crippen LogP contribution in [0.4, 0.5) is 5.69 Å². The summed E-state index contributed by atoms with van der Waals surface area (Å²) in [6.45, 7) is 7.39. The predicted octanol–water partition coefficient (Wildman–Crippen LogP) is 2.73. The Kier molecular flexibility index (Phi) is 8.19. The van der Waals surface area contributed by atoms with Gasteiger partial charge < -0.3 is 40.4 Å². The van der Waals surface area contributed by atoms with Gasteiger partial charge in [0.2, 0.25) is 0 Å². The van der Waals surface area contributed by atoms with Crippen LogP contribution in [0.15, 0.2) is 48.6 Å². The molecule has 10 atom stereocenters. The summed E-state index contributed by atoms with van der Waals surface area (Å²) in [5.74, 6) is -1.00. The van der Waals surface area contributed by atoms with Crippen LogP contribution in [-0.2, 0) is 31.6 Å². The number of H-pyrrole nitrogens is 1. The number of primary amides is 1. The fourth-order valence-corrected chi connectivity index (χ4v) is 13.1. The number of nitrogens with two attached hydrogens (primary N) is 1. The van der Waals surface area contributed by atoms with Crippen LogP contribution in [0, 0.1) is 11.3 Å². The number of anilines is 1. The minimum absolute atomic E-state index is 0.0790. The molecule has 6 N–H and O–H groups in total. The zero-order valence-corrected chi connectivity index (χ0v) is 32.6. The van der Waals surface area contributed by atoms with Crippen molar-refractivity contribution >= 4 is 28.5 Å². The molecule has 3 fully saturated rings. The third-order valence-corrected chi connectivity index (χ3v) is 15.2. The Morgan fingerprint density at radius 3 is 2.53 bits per heavy atom. The molecular weight excluding hydrogens is 699 g/mol. The number of methoxy groups -OCH3 is 2. The maximum absolute atomic E-state index is 15.2. The second-order valence-electron chi connectivity index (χ2n) is 17.5. The van der Waals surface area contributed by atoms with Crippen molar-refractivity contribution < 1.29 is 34.4 Å². The van der Waals surface area contributed by atoms with E-state index in [0.717, 1.165) is 46.5 Å². The second-order valence-corrected chi connectivity index (χ2v) is 17.5. The number of nitrogens with one attached hydrogen (secondary N) is 1. The van der Waals surface area contributed by atoms with Crippen LogP contribution in [0.2, 0.25) is 0 Å². The lowest BCUT2D eigenvalue weighted by molar-refractivity contribution is -0.201. The molecule has 2 bridgehead atoms. The molecule has 1 aromatic heterocycles. The molecule has 3 aromatic rings. The first-order valence-corrected chi connectivity index (χ1v) is 20.0. The highest BCUT2D eigenvalue weighted by Crippen LogP contribution is 2.67. The van der Waals surface area contributed by atoms with Crippen molar-refractivity contribution in [2.24, 2.45) is 17.1 Å². The first-order valence-electron chi connectivity index (χ1n) is 20.0. The third-order valence-electron chi connectivity index (χ3n) is 15.2. The number of aromatic amines is 1. The normalized spacial score (nSPS) is 39.0. The fraction of sp³-hybridized carbons (Fsp3) is 0.581. The molecule has 1 spiro atoms. The smallest absolute Gasteiger partial charge is 0.322 e. The van der Waals surface area contributed by atoms with Gasteiger partial charge in [-0.3, -0.25) is 19.4 Å². The van der Waals surface area contributed by atoms with Crippen molar-refractivity contribution in [1.29, 1.82) is 0 Å². The summed E-state index contributed by atoms with van der Waals surface area (Å²) in [5, 5.41) is 38.0. The average Bonchev–Trinajstić information content (AvgIpc) is 3.84. The molecule has 1 unspecified atom stereocenters. The molecule has 2 aromatic carbocycles. The van der Waals surface area contributed by atoms with Gasteiger partial charge in [-0.1, -0.05) is 44.2 Å². The maximum atomic E-state index is 15.2. The van der Waals surface area contributed by atoms with Gasteiger partial charge in [-0.15, -0.1) is 0 Å². The number of carbonyl (C=O) groups is 2. The van der Waals surface area contributed by atoms with Gasteiger partial charge in [-0.05, 0) is 74.2 Å². The fourth-order valence-electron chi connectivity index (χ4n) is 13.1. The van der Waals surface area contributed by atoms with Crippen molar-refractivity contribution in [3.8, 4) is 5.75 Å². The number of ether oxygens (including phenoxy) is 2. The van der Waals surface area contributed by atoms with Crippen LogP contribution >= 0.6 is 0 Å². The van der Waals surface area contributed by atoms with Gasteiger partial charge in [0.15, 0.2) is 5.60 Å². The number of aliphatic hydroxyl groups excluding tert-OH is 1. The SMILES string of the molecule is CC[C@]1(O)C[C@@H]2CN(CCc3c([nH]c4ccccc34)[C@@](C(=O)OC)(c3cc4c(cc3OC)N(C)[C@H]3[C@](O)(C(N)=O)[C@H](O)[C@]5(CC)C=CCN6CC[C@]43[C@@H]65)C2)C1. The van der Waals surface area contributed by atoms with Crippen LogP contribution in [0.1, 0.15) is 68.3 Å². The summed E-state index contributed by atoms with van der Waals surface area (Å²) in [6.07, 6.45) is 5.78.